The summed E-state index contributed by atoms with van der Waals surface area (Å²) < 4.78 is 2.23. The van der Waals surface area contributed by atoms with Gasteiger partial charge in [0, 0.05) is 30.0 Å². The van der Waals surface area contributed by atoms with Crippen molar-refractivity contribution in [2.75, 3.05) is 6.54 Å². The lowest BCUT2D eigenvalue weighted by atomic mass is 10.1. The van der Waals surface area contributed by atoms with E-state index in [0.717, 1.165) is 24.5 Å². The van der Waals surface area contributed by atoms with Crippen LogP contribution < -0.4 is 5.32 Å². The molecule has 2 nitrogen and oxygen atoms in total. The molecule has 1 aromatic carbocycles. The van der Waals surface area contributed by atoms with Crippen LogP contribution in [0.3, 0.4) is 0 Å². The normalized spacial score (nSPS) is 12.6. The van der Waals surface area contributed by atoms with E-state index in [4.69, 9.17) is 11.6 Å². The summed E-state index contributed by atoms with van der Waals surface area (Å²) in [6.45, 7) is 6.39. The summed E-state index contributed by atoms with van der Waals surface area (Å²) in [6.07, 6.45) is 6.68. The highest BCUT2D eigenvalue weighted by Crippen LogP contribution is 2.18. The van der Waals surface area contributed by atoms with E-state index in [2.05, 4.69) is 54.3 Å². The SMILES string of the molecule is CCCNC(CC)c1ccn(Cc2ccc(Cl)cc2)c1. The standard InChI is InChI=1S/C17H23ClN2/c1-3-10-19-17(4-2)15-9-11-20(13-15)12-14-5-7-16(18)8-6-14/h5-9,11,13,17,19H,3-4,10,12H2,1-2H3. The van der Waals surface area contributed by atoms with Gasteiger partial charge in [-0.3, -0.25) is 0 Å². The molecule has 108 valence electrons. The lowest BCUT2D eigenvalue weighted by molar-refractivity contribution is 0.517. The summed E-state index contributed by atoms with van der Waals surface area (Å²) in [5.74, 6) is 0. The molecule has 0 saturated heterocycles. The Bertz CT molecular complexity index is 516. The molecular weight excluding hydrogens is 268 g/mol. The molecule has 1 aromatic heterocycles. The van der Waals surface area contributed by atoms with Gasteiger partial charge in [-0.05, 0) is 48.7 Å². The Kier molecular flexibility index (Phi) is 5.69. The van der Waals surface area contributed by atoms with Crippen LogP contribution in [0.4, 0.5) is 0 Å². The van der Waals surface area contributed by atoms with Crippen LogP contribution in [0.15, 0.2) is 42.7 Å². The minimum Gasteiger partial charge on any atom is -0.350 e. The molecule has 0 saturated carbocycles. The molecule has 0 aliphatic rings. The number of nitrogens with zero attached hydrogens (tertiary/aromatic N) is 1. The van der Waals surface area contributed by atoms with Crippen LogP contribution in [-0.4, -0.2) is 11.1 Å². The third-order valence-electron chi connectivity index (χ3n) is 3.50. The Hall–Kier alpha value is -1.25. The van der Waals surface area contributed by atoms with Gasteiger partial charge >= 0.3 is 0 Å². The largest absolute Gasteiger partial charge is 0.350 e. The van der Waals surface area contributed by atoms with E-state index in [0.29, 0.717) is 6.04 Å². The van der Waals surface area contributed by atoms with Gasteiger partial charge in [0.25, 0.3) is 0 Å². The summed E-state index contributed by atoms with van der Waals surface area (Å²) in [7, 11) is 0. The second-order valence-electron chi connectivity index (χ2n) is 5.16. The number of rotatable bonds is 7. The van der Waals surface area contributed by atoms with Gasteiger partial charge in [0.15, 0.2) is 0 Å². The number of benzene rings is 1. The number of halogens is 1. The molecule has 1 N–H and O–H groups in total. The van der Waals surface area contributed by atoms with E-state index in [1.165, 1.54) is 17.5 Å². The van der Waals surface area contributed by atoms with Gasteiger partial charge in [-0.1, -0.05) is 37.6 Å². The van der Waals surface area contributed by atoms with Gasteiger partial charge in [-0.2, -0.15) is 0 Å². The fraction of sp³-hybridized carbons (Fsp3) is 0.412. The fourth-order valence-electron chi connectivity index (χ4n) is 2.38. The van der Waals surface area contributed by atoms with Crippen LogP contribution in [0, 0.1) is 0 Å². The smallest absolute Gasteiger partial charge is 0.0470 e. The predicted molar refractivity (Wildman–Crippen MR) is 86.3 cm³/mol. The molecule has 20 heavy (non-hydrogen) atoms. The topological polar surface area (TPSA) is 17.0 Å². The Labute approximate surface area is 126 Å². The highest BCUT2D eigenvalue weighted by atomic mass is 35.5. The van der Waals surface area contributed by atoms with Crippen molar-refractivity contribution in [3.63, 3.8) is 0 Å². The van der Waals surface area contributed by atoms with Gasteiger partial charge < -0.3 is 9.88 Å². The summed E-state index contributed by atoms with van der Waals surface area (Å²) in [4.78, 5) is 0. The first-order valence-corrected chi connectivity index (χ1v) is 7.74. The first-order chi connectivity index (χ1) is 9.72. The quantitative estimate of drug-likeness (QED) is 0.786. The fourth-order valence-corrected chi connectivity index (χ4v) is 2.51. The zero-order valence-corrected chi connectivity index (χ0v) is 13.0. The molecule has 0 bridgehead atoms. The van der Waals surface area contributed by atoms with Crippen molar-refractivity contribution in [2.24, 2.45) is 0 Å². The van der Waals surface area contributed by atoms with Gasteiger partial charge in [0.1, 0.15) is 0 Å². The summed E-state index contributed by atoms with van der Waals surface area (Å²) in [5, 5.41) is 4.38. The monoisotopic (exact) mass is 290 g/mol. The molecule has 0 aliphatic heterocycles. The number of hydrogen-bond acceptors (Lipinski definition) is 1. The molecule has 2 rings (SSSR count). The van der Waals surface area contributed by atoms with Crippen molar-refractivity contribution in [1.29, 1.82) is 0 Å². The van der Waals surface area contributed by atoms with Crippen LogP contribution in [-0.2, 0) is 6.54 Å². The average molecular weight is 291 g/mol. The van der Waals surface area contributed by atoms with Crippen molar-refractivity contribution in [2.45, 2.75) is 39.3 Å². The lowest BCUT2D eigenvalue weighted by Crippen LogP contribution is -2.21. The number of hydrogen-bond donors (Lipinski definition) is 1. The van der Waals surface area contributed by atoms with Gasteiger partial charge in [0.2, 0.25) is 0 Å². The van der Waals surface area contributed by atoms with Crippen molar-refractivity contribution >= 4 is 11.6 Å². The molecule has 1 atom stereocenters. The third kappa shape index (κ3) is 4.12. The van der Waals surface area contributed by atoms with E-state index in [1.807, 2.05) is 12.1 Å². The lowest BCUT2D eigenvalue weighted by Gasteiger charge is -2.15. The van der Waals surface area contributed by atoms with Gasteiger partial charge in [-0.15, -0.1) is 0 Å². The first kappa shape index (κ1) is 15.1. The van der Waals surface area contributed by atoms with Gasteiger partial charge in [-0.25, -0.2) is 0 Å². The third-order valence-corrected chi connectivity index (χ3v) is 3.76. The molecule has 0 spiro atoms. The maximum absolute atomic E-state index is 5.91. The van der Waals surface area contributed by atoms with E-state index in [-0.39, 0.29) is 0 Å². The summed E-state index contributed by atoms with van der Waals surface area (Å²) in [5.41, 5.74) is 2.64. The number of aromatic nitrogens is 1. The maximum Gasteiger partial charge on any atom is 0.0470 e. The molecule has 0 fully saturated rings. The van der Waals surface area contributed by atoms with E-state index >= 15 is 0 Å². The molecule has 3 heteroatoms. The highest BCUT2D eigenvalue weighted by molar-refractivity contribution is 6.30. The second kappa shape index (κ2) is 7.51. The maximum atomic E-state index is 5.91. The second-order valence-corrected chi connectivity index (χ2v) is 5.60. The molecule has 0 amide bonds. The molecule has 0 aliphatic carbocycles. The molecular formula is C17H23ClN2. The van der Waals surface area contributed by atoms with Crippen LogP contribution >= 0.6 is 11.6 Å². The predicted octanol–water partition coefficient (Wildman–Crippen LogP) is 4.64. The van der Waals surface area contributed by atoms with Crippen LogP contribution in [0.1, 0.15) is 43.9 Å². The average Bonchev–Trinajstić information content (AvgIpc) is 2.91. The van der Waals surface area contributed by atoms with Crippen molar-refractivity contribution in [3.05, 3.63) is 58.9 Å². The first-order valence-electron chi connectivity index (χ1n) is 7.36. The Morgan fingerprint density at radius 2 is 1.90 bits per heavy atom. The van der Waals surface area contributed by atoms with E-state index < -0.39 is 0 Å². The summed E-state index contributed by atoms with van der Waals surface area (Å²) >= 11 is 5.91. The van der Waals surface area contributed by atoms with E-state index in [1.54, 1.807) is 0 Å². The minimum atomic E-state index is 0.460. The zero-order chi connectivity index (χ0) is 14.4. The Balaban J connectivity index is 2.02. The Morgan fingerprint density at radius 3 is 2.55 bits per heavy atom. The molecule has 2 aromatic rings. The van der Waals surface area contributed by atoms with E-state index in [9.17, 15) is 0 Å². The van der Waals surface area contributed by atoms with Gasteiger partial charge in [0.05, 0.1) is 0 Å². The molecule has 1 heterocycles. The summed E-state index contributed by atoms with van der Waals surface area (Å²) in [6, 6.07) is 10.7. The number of nitrogens with one attached hydrogen (secondary N) is 1. The van der Waals surface area contributed by atoms with Crippen LogP contribution in [0.5, 0.6) is 0 Å². The molecule has 0 radical (unpaired) electrons. The molecule has 1 unspecified atom stereocenters. The Morgan fingerprint density at radius 1 is 1.15 bits per heavy atom. The zero-order valence-electron chi connectivity index (χ0n) is 12.3. The highest BCUT2D eigenvalue weighted by Gasteiger charge is 2.09. The minimum absolute atomic E-state index is 0.460. The van der Waals surface area contributed by atoms with Crippen molar-refractivity contribution in [1.82, 2.24) is 9.88 Å². The van der Waals surface area contributed by atoms with Crippen LogP contribution in [0.25, 0.3) is 0 Å². The van der Waals surface area contributed by atoms with Crippen molar-refractivity contribution < 1.29 is 0 Å². The van der Waals surface area contributed by atoms with Crippen molar-refractivity contribution in [3.8, 4) is 0 Å². The van der Waals surface area contributed by atoms with Crippen LogP contribution in [0.2, 0.25) is 5.02 Å².